The Bertz CT molecular complexity index is 746. The molecule has 1 atom stereocenters. The average Bonchev–Trinajstić information content (AvgIpc) is 2.78. The number of hydrogen-bond donors (Lipinski definition) is 2. The van der Waals surface area contributed by atoms with Gasteiger partial charge in [-0.3, -0.25) is 10.1 Å². The monoisotopic (exact) mass is 328 g/mol. The molecule has 0 radical (unpaired) electrons. The fourth-order valence-electron chi connectivity index (χ4n) is 2.96. The topological polar surface area (TPSA) is 68.8 Å². The van der Waals surface area contributed by atoms with Crippen LogP contribution in [0.25, 0.3) is 0 Å². The van der Waals surface area contributed by atoms with Crippen molar-refractivity contribution in [3.63, 3.8) is 0 Å². The van der Waals surface area contributed by atoms with Gasteiger partial charge in [-0.2, -0.15) is 0 Å². The molecule has 0 saturated carbocycles. The number of carbonyl (C=O) groups is 1. The van der Waals surface area contributed by atoms with Gasteiger partial charge < -0.3 is 19.5 Å². The predicted molar refractivity (Wildman–Crippen MR) is 91.0 cm³/mol. The van der Waals surface area contributed by atoms with E-state index >= 15 is 0 Å². The van der Waals surface area contributed by atoms with Crippen LogP contribution in [0.15, 0.2) is 36.4 Å². The number of nitrogens with one attached hydrogen (secondary N) is 2. The summed E-state index contributed by atoms with van der Waals surface area (Å²) in [5.74, 6) is 1.31. The highest BCUT2D eigenvalue weighted by Crippen LogP contribution is 2.48. The van der Waals surface area contributed by atoms with Crippen LogP contribution in [-0.4, -0.2) is 33.8 Å². The summed E-state index contributed by atoms with van der Waals surface area (Å²) in [4.78, 5) is 12.1. The molecule has 1 amide bonds. The molecule has 0 aliphatic carbocycles. The van der Waals surface area contributed by atoms with E-state index in [0.717, 1.165) is 11.1 Å². The van der Waals surface area contributed by atoms with Crippen molar-refractivity contribution in [1.29, 1.82) is 0 Å². The maximum Gasteiger partial charge on any atom is 0.238 e. The molecule has 3 rings (SSSR count). The summed E-state index contributed by atoms with van der Waals surface area (Å²) in [6, 6.07) is 11.6. The van der Waals surface area contributed by atoms with Gasteiger partial charge in [0.1, 0.15) is 0 Å². The zero-order valence-electron chi connectivity index (χ0n) is 13.9. The lowest BCUT2D eigenvalue weighted by molar-refractivity contribution is -0.115. The van der Waals surface area contributed by atoms with Crippen molar-refractivity contribution < 1.29 is 19.0 Å². The number of benzene rings is 2. The average molecular weight is 328 g/mol. The molecule has 6 heteroatoms. The molecule has 2 aromatic carbocycles. The number of amides is 1. The van der Waals surface area contributed by atoms with Crippen LogP contribution in [0, 0.1) is 0 Å². The number of methoxy groups -OCH3 is 3. The first-order chi connectivity index (χ1) is 11.7. The first-order valence-corrected chi connectivity index (χ1v) is 7.60. The minimum Gasteiger partial charge on any atom is -0.493 e. The number of anilines is 1. The Morgan fingerprint density at radius 2 is 1.71 bits per heavy atom. The Morgan fingerprint density at radius 1 is 1.00 bits per heavy atom. The Hall–Kier alpha value is -2.73. The molecule has 6 nitrogen and oxygen atoms in total. The highest BCUT2D eigenvalue weighted by molar-refractivity contribution is 5.97. The summed E-state index contributed by atoms with van der Waals surface area (Å²) in [5, 5.41) is 6.19. The van der Waals surface area contributed by atoms with Crippen molar-refractivity contribution in [2.45, 2.75) is 6.04 Å². The van der Waals surface area contributed by atoms with Gasteiger partial charge >= 0.3 is 0 Å². The smallest absolute Gasteiger partial charge is 0.238 e. The number of fused-ring (bicyclic) bond motifs is 1. The third-order valence-corrected chi connectivity index (χ3v) is 4.04. The third kappa shape index (κ3) is 2.76. The summed E-state index contributed by atoms with van der Waals surface area (Å²) < 4.78 is 16.4. The molecule has 1 heterocycles. The minimum absolute atomic E-state index is 0.139. The van der Waals surface area contributed by atoms with Gasteiger partial charge in [-0.15, -0.1) is 0 Å². The highest BCUT2D eigenvalue weighted by atomic mass is 16.5. The molecule has 1 aliphatic rings. The van der Waals surface area contributed by atoms with Crippen molar-refractivity contribution >= 4 is 11.6 Å². The maximum absolute atomic E-state index is 12.1. The Morgan fingerprint density at radius 3 is 2.33 bits per heavy atom. The van der Waals surface area contributed by atoms with Crippen LogP contribution in [0.4, 0.5) is 5.69 Å². The Labute approximate surface area is 140 Å². The van der Waals surface area contributed by atoms with Gasteiger partial charge in [0, 0.05) is 5.56 Å². The third-order valence-electron chi connectivity index (χ3n) is 4.04. The van der Waals surface area contributed by atoms with Gasteiger partial charge in [0.05, 0.1) is 39.6 Å². The van der Waals surface area contributed by atoms with Crippen molar-refractivity contribution in [1.82, 2.24) is 5.32 Å². The van der Waals surface area contributed by atoms with Crippen LogP contribution in [0.2, 0.25) is 0 Å². The standard InChI is InChI=1S/C18H20N2O4/c1-22-13-9-12-15(11-7-5-4-6-8-11)19-10-14(21)20-16(12)18(24-3)17(13)23-2/h4-9,15,19H,10H2,1-3H3,(H,20,21). The summed E-state index contributed by atoms with van der Waals surface area (Å²) in [7, 11) is 4.65. The van der Waals surface area contributed by atoms with Crippen molar-refractivity contribution in [3.05, 3.63) is 47.5 Å². The van der Waals surface area contributed by atoms with Crippen LogP contribution in [0.3, 0.4) is 0 Å². The van der Waals surface area contributed by atoms with Gasteiger partial charge in [-0.1, -0.05) is 30.3 Å². The number of hydrogen-bond acceptors (Lipinski definition) is 5. The molecule has 1 unspecified atom stereocenters. The molecular weight excluding hydrogens is 308 g/mol. The zero-order valence-corrected chi connectivity index (χ0v) is 13.9. The lowest BCUT2D eigenvalue weighted by Gasteiger charge is -2.22. The summed E-state index contributed by atoms with van der Waals surface area (Å²) in [6.45, 7) is 0.196. The molecule has 1 aliphatic heterocycles. The molecule has 2 aromatic rings. The molecule has 126 valence electrons. The lowest BCUT2D eigenvalue weighted by atomic mass is 9.96. The van der Waals surface area contributed by atoms with Crippen molar-refractivity contribution in [2.24, 2.45) is 0 Å². The normalized spacial score (nSPS) is 16.6. The second-order valence-corrected chi connectivity index (χ2v) is 5.38. The minimum atomic E-state index is -0.172. The molecule has 0 saturated heterocycles. The molecule has 0 fully saturated rings. The quantitative estimate of drug-likeness (QED) is 0.902. The second kappa shape index (κ2) is 6.80. The van der Waals surface area contributed by atoms with E-state index in [0.29, 0.717) is 22.9 Å². The van der Waals surface area contributed by atoms with Crippen molar-refractivity contribution in [2.75, 3.05) is 33.2 Å². The van der Waals surface area contributed by atoms with Crippen molar-refractivity contribution in [3.8, 4) is 17.2 Å². The summed E-state index contributed by atoms with van der Waals surface area (Å²) in [5.41, 5.74) is 2.50. The molecule has 0 aromatic heterocycles. The van der Waals surface area contributed by atoms with E-state index in [1.807, 2.05) is 36.4 Å². The van der Waals surface area contributed by atoms with E-state index in [4.69, 9.17) is 14.2 Å². The number of ether oxygens (including phenoxy) is 3. The molecule has 24 heavy (non-hydrogen) atoms. The van der Waals surface area contributed by atoms with Crippen LogP contribution < -0.4 is 24.8 Å². The fourth-order valence-corrected chi connectivity index (χ4v) is 2.96. The number of carbonyl (C=O) groups excluding carboxylic acids is 1. The largest absolute Gasteiger partial charge is 0.493 e. The number of rotatable bonds is 4. The highest BCUT2D eigenvalue weighted by Gasteiger charge is 2.29. The van der Waals surface area contributed by atoms with Gasteiger partial charge in [0.15, 0.2) is 11.5 Å². The van der Waals surface area contributed by atoms with E-state index in [1.54, 1.807) is 14.2 Å². The summed E-state index contributed by atoms with van der Waals surface area (Å²) in [6.07, 6.45) is 0. The van der Waals surface area contributed by atoms with E-state index in [2.05, 4.69) is 10.6 Å². The first kappa shape index (κ1) is 16.1. The predicted octanol–water partition coefficient (Wildman–Crippen LogP) is 2.34. The van der Waals surface area contributed by atoms with Gasteiger partial charge in [0.2, 0.25) is 11.7 Å². The van der Waals surface area contributed by atoms with Gasteiger partial charge in [-0.25, -0.2) is 0 Å². The van der Waals surface area contributed by atoms with E-state index in [-0.39, 0.29) is 18.5 Å². The lowest BCUT2D eigenvalue weighted by Crippen LogP contribution is -2.27. The Balaban J connectivity index is 2.25. The molecule has 0 spiro atoms. The summed E-state index contributed by atoms with van der Waals surface area (Å²) >= 11 is 0. The first-order valence-electron chi connectivity index (χ1n) is 7.60. The Kier molecular flexibility index (Phi) is 4.57. The maximum atomic E-state index is 12.1. The van der Waals surface area contributed by atoms with E-state index < -0.39 is 0 Å². The fraction of sp³-hybridized carbons (Fsp3) is 0.278. The van der Waals surface area contributed by atoms with Crippen LogP contribution >= 0.6 is 0 Å². The SMILES string of the molecule is COc1cc2c(c(OC)c1OC)NC(=O)CNC2c1ccccc1. The van der Waals surface area contributed by atoms with Gasteiger partial charge in [-0.05, 0) is 11.6 Å². The van der Waals surface area contributed by atoms with E-state index in [1.165, 1.54) is 7.11 Å². The van der Waals surface area contributed by atoms with Crippen LogP contribution in [0.5, 0.6) is 17.2 Å². The molecule has 2 N–H and O–H groups in total. The van der Waals surface area contributed by atoms with Gasteiger partial charge in [0.25, 0.3) is 0 Å². The molecular formula is C18H20N2O4. The van der Waals surface area contributed by atoms with Crippen LogP contribution in [-0.2, 0) is 4.79 Å². The molecule has 0 bridgehead atoms. The second-order valence-electron chi connectivity index (χ2n) is 5.38. The zero-order chi connectivity index (χ0) is 17.1. The van der Waals surface area contributed by atoms with E-state index in [9.17, 15) is 4.79 Å². The van der Waals surface area contributed by atoms with Crippen LogP contribution in [0.1, 0.15) is 17.2 Å².